The van der Waals surface area contributed by atoms with E-state index in [1.54, 1.807) is 5.56 Å². The van der Waals surface area contributed by atoms with Crippen LogP contribution in [0.3, 0.4) is 0 Å². The second-order valence-corrected chi connectivity index (χ2v) is 6.23. The molecule has 0 saturated carbocycles. The Balaban J connectivity index is 1.75. The molecule has 0 atom stereocenters. The molecule has 1 aromatic carbocycles. The summed E-state index contributed by atoms with van der Waals surface area (Å²) in [7, 11) is 0. The molecule has 0 unspecified atom stereocenters. The van der Waals surface area contributed by atoms with Crippen LogP contribution in [0.1, 0.15) is 10.4 Å². The average molecular weight is 260 g/mol. The molecule has 3 heteroatoms. The van der Waals surface area contributed by atoms with Crippen molar-refractivity contribution >= 4 is 21.4 Å². The fourth-order valence-corrected chi connectivity index (χ4v) is 3.85. The van der Waals surface area contributed by atoms with Crippen LogP contribution in [0.25, 0.3) is 10.1 Å². The standard InChI is InChI=1S/C15H20N2S/c1-12-13(6-9-17-10-7-16-8-11-17)14-4-2-3-5-15(14)18-12/h2-5,16H,6-11H2,1H3. The third kappa shape index (κ3) is 2.44. The molecule has 1 saturated heterocycles. The Morgan fingerprint density at radius 2 is 2.00 bits per heavy atom. The Morgan fingerprint density at radius 1 is 1.22 bits per heavy atom. The number of nitrogens with one attached hydrogen (secondary N) is 1. The van der Waals surface area contributed by atoms with Gasteiger partial charge in [-0.3, -0.25) is 0 Å². The Hall–Kier alpha value is -0.900. The molecule has 0 aliphatic carbocycles. The van der Waals surface area contributed by atoms with Crippen LogP contribution in [0.5, 0.6) is 0 Å². The number of nitrogens with zero attached hydrogens (tertiary/aromatic N) is 1. The van der Waals surface area contributed by atoms with Crippen molar-refractivity contribution in [1.29, 1.82) is 0 Å². The maximum atomic E-state index is 3.41. The molecular formula is C15H20N2S. The first-order chi connectivity index (χ1) is 8.84. The highest BCUT2D eigenvalue weighted by Crippen LogP contribution is 2.30. The van der Waals surface area contributed by atoms with Crippen molar-refractivity contribution in [2.75, 3.05) is 32.7 Å². The lowest BCUT2D eigenvalue weighted by Gasteiger charge is -2.27. The van der Waals surface area contributed by atoms with Crippen LogP contribution in [0, 0.1) is 6.92 Å². The van der Waals surface area contributed by atoms with Crippen molar-refractivity contribution in [3.63, 3.8) is 0 Å². The fourth-order valence-electron chi connectivity index (χ4n) is 2.74. The lowest BCUT2D eigenvalue weighted by molar-refractivity contribution is 0.244. The molecule has 96 valence electrons. The number of rotatable bonds is 3. The highest BCUT2D eigenvalue weighted by atomic mass is 32.1. The van der Waals surface area contributed by atoms with E-state index < -0.39 is 0 Å². The first-order valence-electron chi connectivity index (χ1n) is 6.74. The Morgan fingerprint density at radius 3 is 2.83 bits per heavy atom. The normalized spacial score (nSPS) is 17.4. The predicted octanol–water partition coefficient (Wildman–Crippen LogP) is 2.66. The second kappa shape index (κ2) is 5.39. The topological polar surface area (TPSA) is 15.3 Å². The number of aryl methyl sites for hydroxylation is 1. The predicted molar refractivity (Wildman–Crippen MR) is 79.6 cm³/mol. The number of hydrogen-bond acceptors (Lipinski definition) is 3. The summed E-state index contributed by atoms with van der Waals surface area (Å²) >= 11 is 1.93. The lowest BCUT2D eigenvalue weighted by atomic mass is 10.1. The van der Waals surface area contributed by atoms with E-state index in [4.69, 9.17) is 0 Å². The molecular weight excluding hydrogens is 240 g/mol. The summed E-state index contributed by atoms with van der Waals surface area (Å²) in [4.78, 5) is 4.06. The van der Waals surface area contributed by atoms with Crippen molar-refractivity contribution in [2.45, 2.75) is 13.3 Å². The van der Waals surface area contributed by atoms with Gasteiger partial charge in [0.2, 0.25) is 0 Å². The van der Waals surface area contributed by atoms with E-state index in [-0.39, 0.29) is 0 Å². The zero-order valence-corrected chi connectivity index (χ0v) is 11.7. The van der Waals surface area contributed by atoms with Crippen LogP contribution in [-0.4, -0.2) is 37.6 Å². The van der Waals surface area contributed by atoms with E-state index in [0.29, 0.717) is 0 Å². The van der Waals surface area contributed by atoms with E-state index in [1.165, 1.54) is 41.0 Å². The molecule has 1 aliphatic rings. The minimum Gasteiger partial charge on any atom is -0.314 e. The quantitative estimate of drug-likeness (QED) is 0.913. The van der Waals surface area contributed by atoms with Gasteiger partial charge in [-0.25, -0.2) is 0 Å². The molecule has 0 radical (unpaired) electrons. The van der Waals surface area contributed by atoms with Crippen LogP contribution in [-0.2, 0) is 6.42 Å². The van der Waals surface area contributed by atoms with E-state index in [9.17, 15) is 0 Å². The van der Waals surface area contributed by atoms with Gasteiger partial charge in [0.15, 0.2) is 0 Å². The third-order valence-corrected chi connectivity index (χ3v) is 4.92. The lowest BCUT2D eigenvalue weighted by Crippen LogP contribution is -2.44. The Bertz CT molecular complexity index is 526. The number of thiophene rings is 1. The second-order valence-electron chi connectivity index (χ2n) is 4.97. The summed E-state index contributed by atoms with van der Waals surface area (Å²) in [5, 5.41) is 4.88. The molecule has 1 aromatic heterocycles. The number of piperazine rings is 1. The monoisotopic (exact) mass is 260 g/mol. The van der Waals surface area contributed by atoms with Gasteiger partial charge < -0.3 is 10.2 Å². The number of fused-ring (bicyclic) bond motifs is 1. The molecule has 2 aromatic rings. The van der Waals surface area contributed by atoms with E-state index in [2.05, 4.69) is 41.4 Å². The molecule has 1 aliphatic heterocycles. The minimum atomic E-state index is 1.14. The summed E-state index contributed by atoms with van der Waals surface area (Å²) < 4.78 is 1.44. The number of hydrogen-bond donors (Lipinski definition) is 1. The summed E-state index contributed by atoms with van der Waals surface area (Å²) in [6, 6.07) is 8.80. The molecule has 2 nitrogen and oxygen atoms in total. The minimum absolute atomic E-state index is 1.14. The van der Waals surface area contributed by atoms with Gasteiger partial charge in [-0.1, -0.05) is 18.2 Å². The van der Waals surface area contributed by atoms with Crippen molar-refractivity contribution in [1.82, 2.24) is 10.2 Å². The van der Waals surface area contributed by atoms with Gasteiger partial charge in [-0.15, -0.1) is 11.3 Å². The number of benzene rings is 1. The van der Waals surface area contributed by atoms with E-state index >= 15 is 0 Å². The molecule has 3 rings (SSSR count). The molecule has 2 heterocycles. The van der Waals surface area contributed by atoms with Crippen molar-refractivity contribution in [2.24, 2.45) is 0 Å². The highest BCUT2D eigenvalue weighted by Gasteiger charge is 2.12. The van der Waals surface area contributed by atoms with Crippen molar-refractivity contribution < 1.29 is 0 Å². The van der Waals surface area contributed by atoms with Gasteiger partial charge in [-0.05, 0) is 30.4 Å². The van der Waals surface area contributed by atoms with Crippen LogP contribution >= 0.6 is 11.3 Å². The van der Waals surface area contributed by atoms with Gasteiger partial charge in [0, 0.05) is 42.3 Å². The van der Waals surface area contributed by atoms with Gasteiger partial charge in [0.05, 0.1) is 0 Å². The third-order valence-electron chi connectivity index (χ3n) is 3.79. The maximum Gasteiger partial charge on any atom is 0.0348 e. The first-order valence-corrected chi connectivity index (χ1v) is 7.56. The van der Waals surface area contributed by atoms with Crippen LogP contribution in [0.2, 0.25) is 0 Å². The van der Waals surface area contributed by atoms with E-state index in [1.807, 2.05) is 11.3 Å². The zero-order valence-electron chi connectivity index (χ0n) is 10.9. The fraction of sp³-hybridized carbons (Fsp3) is 0.467. The molecule has 0 amide bonds. The zero-order chi connectivity index (χ0) is 12.4. The molecule has 0 spiro atoms. The van der Waals surface area contributed by atoms with Crippen molar-refractivity contribution in [3.8, 4) is 0 Å². The Kier molecular flexibility index (Phi) is 3.64. The summed E-state index contributed by atoms with van der Waals surface area (Å²) in [5.74, 6) is 0. The summed E-state index contributed by atoms with van der Waals surface area (Å²) in [5.41, 5.74) is 1.56. The molecule has 1 fully saturated rings. The van der Waals surface area contributed by atoms with E-state index in [0.717, 1.165) is 13.1 Å². The highest BCUT2D eigenvalue weighted by molar-refractivity contribution is 7.19. The molecule has 1 N–H and O–H groups in total. The van der Waals surface area contributed by atoms with Crippen molar-refractivity contribution in [3.05, 3.63) is 34.7 Å². The molecule has 18 heavy (non-hydrogen) atoms. The maximum absolute atomic E-state index is 3.41. The largest absolute Gasteiger partial charge is 0.314 e. The van der Waals surface area contributed by atoms with Gasteiger partial charge in [-0.2, -0.15) is 0 Å². The SMILES string of the molecule is Cc1sc2ccccc2c1CCN1CCNCC1. The average Bonchev–Trinajstić information content (AvgIpc) is 2.73. The first kappa shape index (κ1) is 12.2. The van der Waals surface area contributed by atoms with Crippen LogP contribution < -0.4 is 5.32 Å². The van der Waals surface area contributed by atoms with Crippen LogP contribution in [0.4, 0.5) is 0 Å². The molecule has 0 bridgehead atoms. The van der Waals surface area contributed by atoms with Gasteiger partial charge in [0.25, 0.3) is 0 Å². The Labute approximate surface area is 113 Å². The van der Waals surface area contributed by atoms with Crippen LogP contribution in [0.15, 0.2) is 24.3 Å². The smallest absolute Gasteiger partial charge is 0.0348 e. The summed E-state index contributed by atoms with van der Waals surface area (Å²) in [6.45, 7) is 8.13. The van der Waals surface area contributed by atoms with Gasteiger partial charge >= 0.3 is 0 Å². The summed E-state index contributed by atoms with van der Waals surface area (Å²) in [6.07, 6.45) is 1.19. The van der Waals surface area contributed by atoms with Gasteiger partial charge in [0.1, 0.15) is 0 Å².